The zero-order valence-electron chi connectivity index (χ0n) is 19.8. The Bertz CT molecular complexity index is 1180. The fourth-order valence-corrected chi connectivity index (χ4v) is 5.25. The second kappa shape index (κ2) is 9.89. The van der Waals surface area contributed by atoms with E-state index in [0.29, 0.717) is 34.5 Å². The number of likely N-dealkylation sites (tertiary alicyclic amines) is 1. The Morgan fingerprint density at radius 2 is 1.65 bits per heavy atom. The Morgan fingerprint density at radius 3 is 2.29 bits per heavy atom. The van der Waals surface area contributed by atoms with E-state index in [4.69, 9.17) is 32.7 Å². The van der Waals surface area contributed by atoms with E-state index in [9.17, 15) is 4.79 Å². The molecule has 1 saturated heterocycles. The first-order chi connectivity index (χ1) is 16.2. The van der Waals surface area contributed by atoms with Gasteiger partial charge in [-0.05, 0) is 53.9 Å². The van der Waals surface area contributed by atoms with Gasteiger partial charge in [0.15, 0.2) is 0 Å². The number of hydrogen-bond donors (Lipinski definition) is 0. The summed E-state index contributed by atoms with van der Waals surface area (Å²) in [6.45, 7) is 4.44. The Kier molecular flexibility index (Phi) is 7.11. The molecule has 1 aliphatic heterocycles. The van der Waals surface area contributed by atoms with Crippen LogP contribution in [0.2, 0.25) is 10.0 Å². The molecule has 4 rings (SSSR count). The van der Waals surface area contributed by atoms with Gasteiger partial charge in [0.25, 0.3) is 0 Å². The average Bonchev–Trinajstić information content (AvgIpc) is 2.82. The topological polar surface area (TPSA) is 38.8 Å². The highest BCUT2D eigenvalue weighted by Crippen LogP contribution is 2.50. The van der Waals surface area contributed by atoms with Crippen LogP contribution in [0.5, 0.6) is 11.5 Å². The standard InChI is InChI=1S/C28H29Cl2NO3/c1-28(2)16-24(19-6-5-7-22(30)14-19)26(18-8-11-21(29)12-9-18)31(27(28)32)17-20-10-13-23(33-3)15-25(20)34-4/h5-15,24,26H,16-17H2,1-4H3/t24-,26-/m1/s1. The zero-order valence-corrected chi connectivity index (χ0v) is 21.4. The van der Waals surface area contributed by atoms with Gasteiger partial charge in [0.1, 0.15) is 11.5 Å². The van der Waals surface area contributed by atoms with E-state index in [2.05, 4.69) is 6.07 Å². The third-order valence-electron chi connectivity index (χ3n) is 6.61. The molecule has 0 aliphatic carbocycles. The van der Waals surface area contributed by atoms with Crippen LogP contribution >= 0.6 is 23.2 Å². The number of methoxy groups -OCH3 is 2. The van der Waals surface area contributed by atoms with Gasteiger partial charge < -0.3 is 14.4 Å². The molecule has 0 saturated carbocycles. The summed E-state index contributed by atoms with van der Waals surface area (Å²) in [5.74, 6) is 1.54. The summed E-state index contributed by atoms with van der Waals surface area (Å²) in [6, 6.07) is 21.2. The molecule has 0 unspecified atom stereocenters. The number of hydrogen-bond acceptors (Lipinski definition) is 3. The molecule has 0 aromatic heterocycles. The van der Waals surface area contributed by atoms with Crippen LogP contribution in [0.3, 0.4) is 0 Å². The maximum absolute atomic E-state index is 13.9. The Labute approximate surface area is 211 Å². The summed E-state index contributed by atoms with van der Waals surface area (Å²) in [4.78, 5) is 15.9. The highest BCUT2D eigenvalue weighted by molar-refractivity contribution is 6.30. The van der Waals surface area contributed by atoms with Crippen molar-refractivity contribution in [2.75, 3.05) is 14.2 Å². The molecule has 178 valence electrons. The normalized spacial score (nSPS) is 19.7. The van der Waals surface area contributed by atoms with Crippen LogP contribution in [0, 0.1) is 5.41 Å². The minimum Gasteiger partial charge on any atom is -0.497 e. The first kappa shape index (κ1) is 24.4. The third-order valence-corrected chi connectivity index (χ3v) is 7.10. The van der Waals surface area contributed by atoms with Crippen LogP contribution in [-0.2, 0) is 11.3 Å². The molecule has 0 bridgehead atoms. The first-order valence-electron chi connectivity index (χ1n) is 11.3. The molecule has 1 heterocycles. The molecule has 2 atom stereocenters. The fraction of sp³-hybridized carbons (Fsp3) is 0.321. The summed E-state index contributed by atoms with van der Waals surface area (Å²) in [6.07, 6.45) is 0.704. The Balaban J connectivity index is 1.85. The zero-order chi connectivity index (χ0) is 24.5. The summed E-state index contributed by atoms with van der Waals surface area (Å²) < 4.78 is 11.0. The van der Waals surface area contributed by atoms with Crippen molar-refractivity contribution in [3.63, 3.8) is 0 Å². The molecule has 4 nitrogen and oxygen atoms in total. The van der Waals surface area contributed by atoms with Crippen LogP contribution in [0.4, 0.5) is 0 Å². The highest BCUT2D eigenvalue weighted by atomic mass is 35.5. The van der Waals surface area contributed by atoms with E-state index in [-0.39, 0.29) is 17.9 Å². The van der Waals surface area contributed by atoms with Crippen LogP contribution in [0.25, 0.3) is 0 Å². The van der Waals surface area contributed by atoms with Gasteiger partial charge in [-0.15, -0.1) is 0 Å². The Hall–Kier alpha value is -2.69. The van der Waals surface area contributed by atoms with Crippen LogP contribution in [0.1, 0.15) is 48.9 Å². The van der Waals surface area contributed by atoms with Crippen molar-refractivity contribution in [1.82, 2.24) is 4.90 Å². The SMILES string of the molecule is COc1ccc(CN2C(=O)C(C)(C)C[C@H](c3cccc(Cl)c3)[C@H]2c2ccc(Cl)cc2)c(OC)c1. The number of carbonyl (C=O) groups excluding carboxylic acids is 1. The summed E-state index contributed by atoms with van der Waals surface area (Å²) in [5.41, 5.74) is 2.51. The van der Waals surface area contributed by atoms with Gasteiger partial charge in [-0.2, -0.15) is 0 Å². The number of piperidine rings is 1. The number of amides is 1. The van der Waals surface area contributed by atoms with Crippen LogP contribution < -0.4 is 9.47 Å². The van der Waals surface area contributed by atoms with Crippen molar-refractivity contribution in [3.8, 4) is 11.5 Å². The van der Waals surface area contributed by atoms with Gasteiger partial charge in [-0.3, -0.25) is 4.79 Å². The molecular formula is C28H29Cl2NO3. The van der Waals surface area contributed by atoms with Gasteiger partial charge in [0, 0.05) is 39.6 Å². The van der Waals surface area contributed by atoms with Gasteiger partial charge >= 0.3 is 0 Å². The lowest BCUT2D eigenvalue weighted by Gasteiger charge is -2.48. The van der Waals surface area contributed by atoms with E-state index in [0.717, 1.165) is 16.7 Å². The van der Waals surface area contributed by atoms with Gasteiger partial charge in [-0.25, -0.2) is 0 Å². The second-order valence-corrected chi connectivity index (χ2v) is 10.2. The minimum absolute atomic E-state index is 0.0526. The highest BCUT2D eigenvalue weighted by Gasteiger charge is 2.47. The lowest BCUT2D eigenvalue weighted by molar-refractivity contribution is -0.150. The molecule has 0 N–H and O–H groups in total. The van der Waals surface area contributed by atoms with Crippen molar-refractivity contribution in [3.05, 3.63) is 93.5 Å². The van der Waals surface area contributed by atoms with Crippen molar-refractivity contribution in [2.45, 2.75) is 38.8 Å². The maximum atomic E-state index is 13.9. The Morgan fingerprint density at radius 1 is 0.912 bits per heavy atom. The molecule has 1 aliphatic rings. The fourth-order valence-electron chi connectivity index (χ4n) is 4.93. The summed E-state index contributed by atoms with van der Waals surface area (Å²) in [7, 11) is 3.25. The average molecular weight is 498 g/mol. The molecule has 3 aromatic carbocycles. The number of ether oxygens (including phenoxy) is 2. The lowest BCUT2D eigenvalue weighted by atomic mass is 9.69. The smallest absolute Gasteiger partial charge is 0.229 e. The molecule has 1 fully saturated rings. The van der Waals surface area contributed by atoms with Crippen molar-refractivity contribution in [2.24, 2.45) is 5.41 Å². The van der Waals surface area contributed by atoms with E-state index in [1.807, 2.05) is 79.4 Å². The third kappa shape index (κ3) is 4.89. The van der Waals surface area contributed by atoms with Crippen molar-refractivity contribution in [1.29, 1.82) is 0 Å². The minimum atomic E-state index is -0.546. The number of carbonyl (C=O) groups is 1. The van der Waals surface area contributed by atoms with Gasteiger partial charge in [-0.1, -0.05) is 61.3 Å². The largest absolute Gasteiger partial charge is 0.497 e. The van der Waals surface area contributed by atoms with Crippen molar-refractivity contribution >= 4 is 29.1 Å². The maximum Gasteiger partial charge on any atom is 0.229 e. The van der Waals surface area contributed by atoms with Gasteiger partial charge in [0.2, 0.25) is 5.91 Å². The molecule has 0 spiro atoms. The second-order valence-electron chi connectivity index (χ2n) is 9.36. The van der Waals surface area contributed by atoms with E-state index >= 15 is 0 Å². The van der Waals surface area contributed by atoms with Gasteiger partial charge in [0.05, 0.1) is 20.3 Å². The number of nitrogens with zero attached hydrogens (tertiary/aromatic N) is 1. The molecule has 34 heavy (non-hydrogen) atoms. The molecular weight excluding hydrogens is 469 g/mol. The molecule has 3 aromatic rings. The lowest BCUT2D eigenvalue weighted by Crippen LogP contribution is -2.50. The molecule has 0 radical (unpaired) electrons. The molecule has 1 amide bonds. The first-order valence-corrected chi connectivity index (χ1v) is 12.0. The molecule has 6 heteroatoms. The number of rotatable bonds is 6. The summed E-state index contributed by atoms with van der Waals surface area (Å²) in [5, 5.41) is 1.35. The van der Waals surface area contributed by atoms with Crippen LogP contribution in [-0.4, -0.2) is 25.0 Å². The predicted molar refractivity (Wildman–Crippen MR) is 137 cm³/mol. The van der Waals surface area contributed by atoms with Crippen LogP contribution in [0.15, 0.2) is 66.7 Å². The van der Waals surface area contributed by atoms with E-state index < -0.39 is 5.41 Å². The number of halogens is 2. The predicted octanol–water partition coefficient (Wildman–Crippen LogP) is 7.29. The van der Waals surface area contributed by atoms with E-state index in [1.165, 1.54) is 0 Å². The monoisotopic (exact) mass is 497 g/mol. The van der Waals surface area contributed by atoms with Crippen molar-refractivity contribution < 1.29 is 14.3 Å². The number of benzene rings is 3. The summed E-state index contributed by atoms with van der Waals surface area (Å²) >= 11 is 12.6. The quantitative estimate of drug-likeness (QED) is 0.358. The van der Waals surface area contributed by atoms with E-state index in [1.54, 1.807) is 14.2 Å².